The number of fused-ring (bicyclic) bond motifs is 1. The Morgan fingerprint density at radius 2 is 1.91 bits per heavy atom. The standard InChI is InChI=1S/C24H28N6OS/c1-14-7-12-19-21(14)22(27-20-13-15(2)29-30-20)28-24(26-19)32-18-10-8-17(9-11-18)25-23(31)16-5-3-4-6-16/h8-11,13-14,16H,3-7,12H2,1-2H3,(H,25,31)(H2,26,27,28,29,30). The van der Waals surface area contributed by atoms with E-state index in [-0.39, 0.29) is 11.8 Å². The largest absolute Gasteiger partial charge is 0.326 e. The number of H-pyrrole nitrogens is 1. The summed E-state index contributed by atoms with van der Waals surface area (Å²) in [5.74, 6) is 2.34. The van der Waals surface area contributed by atoms with Gasteiger partial charge in [0.2, 0.25) is 5.91 Å². The molecule has 1 atom stereocenters. The quantitative estimate of drug-likeness (QED) is 0.426. The van der Waals surface area contributed by atoms with Crippen LogP contribution >= 0.6 is 11.8 Å². The average molecular weight is 449 g/mol. The van der Waals surface area contributed by atoms with Crippen LogP contribution in [0.3, 0.4) is 0 Å². The zero-order chi connectivity index (χ0) is 22.1. The second kappa shape index (κ2) is 8.94. The Bertz CT molecular complexity index is 1120. The van der Waals surface area contributed by atoms with Crippen LogP contribution in [0.4, 0.5) is 17.3 Å². The molecule has 166 valence electrons. The molecule has 0 radical (unpaired) electrons. The van der Waals surface area contributed by atoms with E-state index in [0.29, 0.717) is 5.92 Å². The lowest BCUT2D eigenvalue weighted by molar-refractivity contribution is -0.119. The minimum Gasteiger partial charge on any atom is -0.326 e. The number of rotatable bonds is 6. The van der Waals surface area contributed by atoms with Gasteiger partial charge in [-0.3, -0.25) is 9.89 Å². The topological polar surface area (TPSA) is 95.6 Å². The number of hydrogen-bond donors (Lipinski definition) is 3. The molecule has 7 nitrogen and oxygen atoms in total. The van der Waals surface area contributed by atoms with Crippen molar-refractivity contribution in [3.8, 4) is 0 Å². The number of benzene rings is 1. The van der Waals surface area contributed by atoms with Gasteiger partial charge in [-0.1, -0.05) is 19.8 Å². The van der Waals surface area contributed by atoms with Crippen molar-refractivity contribution in [2.24, 2.45) is 5.92 Å². The van der Waals surface area contributed by atoms with Gasteiger partial charge in [-0.05, 0) is 74.6 Å². The average Bonchev–Trinajstić information content (AvgIpc) is 3.52. The molecule has 3 N–H and O–H groups in total. The van der Waals surface area contributed by atoms with E-state index >= 15 is 0 Å². The van der Waals surface area contributed by atoms with E-state index in [1.54, 1.807) is 0 Å². The number of nitrogens with one attached hydrogen (secondary N) is 3. The number of aromatic amines is 1. The summed E-state index contributed by atoms with van der Waals surface area (Å²) in [6.07, 6.45) is 6.37. The molecule has 1 unspecified atom stereocenters. The molecule has 32 heavy (non-hydrogen) atoms. The van der Waals surface area contributed by atoms with E-state index in [2.05, 4.69) is 27.8 Å². The Hall–Kier alpha value is -2.87. The molecule has 1 saturated carbocycles. The van der Waals surface area contributed by atoms with E-state index in [0.717, 1.165) is 77.3 Å². The first-order chi connectivity index (χ1) is 15.5. The summed E-state index contributed by atoms with van der Waals surface area (Å²) in [4.78, 5) is 23.1. The third-order valence-electron chi connectivity index (χ3n) is 6.32. The van der Waals surface area contributed by atoms with Gasteiger partial charge in [-0.2, -0.15) is 5.10 Å². The van der Waals surface area contributed by atoms with Crippen LogP contribution in [0.2, 0.25) is 0 Å². The predicted molar refractivity (Wildman–Crippen MR) is 127 cm³/mol. The summed E-state index contributed by atoms with van der Waals surface area (Å²) in [6.45, 7) is 4.20. The Kier molecular flexibility index (Phi) is 5.87. The molecule has 1 aromatic carbocycles. The molecular weight excluding hydrogens is 420 g/mol. The van der Waals surface area contributed by atoms with Gasteiger partial charge in [0, 0.05) is 33.8 Å². The van der Waals surface area contributed by atoms with E-state index in [1.165, 1.54) is 17.3 Å². The number of aromatic nitrogens is 4. The highest BCUT2D eigenvalue weighted by molar-refractivity contribution is 7.99. The summed E-state index contributed by atoms with van der Waals surface area (Å²) in [5.41, 5.74) is 4.15. The lowest BCUT2D eigenvalue weighted by Crippen LogP contribution is -2.20. The van der Waals surface area contributed by atoms with Gasteiger partial charge in [0.15, 0.2) is 11.0 Å². The van der Waals surface area contributed by atoms with Crippen molar-refractivity contribution in [1.29, 1.82) is 0 Å². The third-order valence-corrected chi connectivity index (χ3v) is 7.19. The Labute approximate surface area is 192 Å². The molecule has 1 fully saturated rings. The first-order valence-corrected chi connectivity index (χ1v) is 12.2. The monoisotopic (exact) mass is 448 g/mol. The number of carbonyl (C=O) groups is 1. The molecule has 2 aromatic heterocycles. The number of amides is 1. The van der Waals surface area contributed by atoms with E-state index in [1.807, 2.05) is 37.3 Å². The van der Waals surface area contributed by atoms with Gasteiger partial charge < -0.3 is 10.6 Å². The molecule has 2 heterocycles. The lowest BCUT2D eigenvalue weighted by atomic mass is 10.1. The molecule has 0 bridgehead atoms. The lowest BCUT2D eigenvalue weighted by Gasteiger charge is -2.13. The van der Waals surface area contributed by atoms with Crippen LogP contribution in [0.5, 0.6) is 0 Å². The van der Waals surface area contributed by atoms with Crippen LogP contribution in [0.1, 0.15) is 61.9 Å². The summed E-state index contributed by atoms with van der Waals surface area (Å²) in [5, 5.41) is 14.4. The highest BCUT2D eigenvalue weighted by atomic mass is 32.2. The highest BCUT2D eigenvalue weighted by Gasteiger charge is 2.26. The van der Waals surface area contributed by atoms with Crippen LogP contribution in [0.15, 0.2) is 40.4 Å². The smallest absolute Gasteiger partial charge is 0.227 e. The first kappa shape index (κ1) is 21.0. The SMILES string of the molecule is Cc1cc(Nc2nc(Sc3ccc(NC(=O)C4CCCC4)cc3)nc3c2C(C)CC3)n[nH]1. The number of anilines is 3. The van der Waals surface area contributed by atoms with Crippen LogP contribution in [-0.4, -0.2) is 26.1 Å². The molecule has 3 aromatic rings. The molecular formula is C24H28N6OS. The second-order valence-corrected chi connectivity index (χ2v) is 9.85. The molecule has 2 aliphatic rings. The van der Waals surface area contributed by atoms with Crippen molar-refractivity contribution >= 4 is 35.0 Å². The summed E-state index contributed by atoms with van der Waals surface area (Å²) < 4.78 is 0. The number of hydrogen-bond acceptors (Lipinski definition) is 6. The van der Waals surface area contributed by atoms with Crippen LogP contribution in [0, 0.1) is 12.8 Å². The minimum atomic E-state index is 0.142. The summed E-state index contributed by atoms with van der Waals surface area (Å²) >= 11 is 1.53. The van der Waals surface area contributed by atoms with Gasteiger partial charge >= 0.3 is 0 Å². The number of nitrogens with zero attached hydrogens (tertiary/aromatic N) is 3. The van der Waals surface area contributed by atoms with Crippen LogP contribution in [-0.2, 0) is 11.2 Å². The van der Waals surface area contributed by atoms with Crippen molar-refractivity contribution in [3.63, 3.8) is 0 Å². The van der Waals surface area contributed by atoms with Crippen molar-refractivity contribution in [3.05, 3.63) is 47.3 Å². The van der Waals surface area contributed by atoms with Crippen LogP contribution in [0.25, 0.3) is 0 Å². The van der Waals surface area contributed by atoms with Crippen molar-refractivity contribution < 1.29 is 4.79 Å². The predicted octanol–water partition coefficient (Wildman–Crippen LogP) is 5.58. The van der Waals surface area contributed by atoms with Gasteiger partial charge in [0.1, 0.15) is 5.82 Å². The number of aryl methyl sites for hydroxylation is 2. The number of carbonyl (C=O) groups excluding carboxylic acids is 1. The summed E-state index contributed by atoms with van der Waals surface area (Å²) in [6, 6.07) is 9.91. The van der Waals surface area contributed by atoms with E-state index < -0.39 is 0 Å². The Balaban J connectivity index is 1.32. The fourth-order valence-corrected chi connectivity index (χ4v) is 5.36. The van der Waals surface area contributed by atoms with Crippen molar-refractivity contribution in [2.75, 3.05) is 10.6 Å². The summed E-state index contributed by atoms with van der Waals surface area (Å²) in [7, 11) is 0. The Morgan fingerprint density at radius 3 is 2.62 bits per heavy atom. The van der Waals surface area contributed by atoms with E-state index in [4.69, 9.17) is 9.97 Å². The van der Waals surface area contributed by atoms with E-state index in [9.17, 15) is 4.79 Å². The minimum absolute atomic E-state index is 0.142. The highest BCUT2D eigenvalue weighted by Crippen LogP contribution is 2.39. The van der Waals surface area contributed by atoms with Gasteiger partial charge in [-0.15, -0.1) is 0 Å². The Morgan fingerprint density at radius 1 is 1.12 bits per heavy atom. The fraction of sp³-hybridized carbons (Fsp3) is 0.417. The van der Waals surface area contributed by atoms with Gasteiger partial charge in [0.25, 0.3) is 0 Å². The maximum absolute atomic E-state index is 12.4. The zero-order valence-electron chi connectivity index (χ0n) is 18.4. The molecule has 8 heteroatoms. The van der Waals surface area contributed by atoms with Crippen LogP contribution < -0.4 is 10.6 Å². The van der Waals surface area contributed by atoms with Crippen molar-refractivity contribution in [2.45, 2.75) is 68.3 Å². The zero-order valence-corrected chi connectivity index (χ0v) is 19.3. The molecule has 0 saturated heterocycles. The van der Waals surface area contributed by atoms with Gasteiger partial charge in [0.05, 0.1) is 5.69 Å². The normalized spacial score (nSPS) is 18.0. The fourth-order valence-electron chi connectivity index (χ4n) is 4.59. The molecule has 1 amide bonds. The maximum atomic E-state index is 12.4. The second-order valence-electron chi connectivity index (χ2n) is 8.81. The molecule has 0 spiro atoms. The maximum Gasteiger partial charge on any atom is 0.227 e. The molecule has 0 aliphatic heterocycles. The first-order valence-electron chi connectivity index (χ1n) is 11.3. The van der Waals surface area contributed by atoms with Crippen molar-refractivity contribution in [1.82, 2.24) is 20.2 Å². The third kappa shape index (κ3) is 4.50. The molecule has 5 rings (SSSR count). The van der Waals surface area contributed by atoms with Gasteiger partial charge in [-0.25, -0.2) is 9.97 Å². The molecule has 2 aliphatic carbocycles.